The fourth-order valence-corrected chi connectivity index (χ4v) is 1.80. The summed E-state index contributed by atoms with van der Waals surface area (Å²) in [5.74, 6) is 0.567. The van der Waals surface area contributed by atoms with Crippen molar-refractivity contribution in [2.45, 2.75) is 12.8 Å². The van der Waals surface area contributed by atoms with Gasteiger partial charge in [-0.1, -0.05) is 0 Å². The summed E-state index contributed by atoms with van der Waals surface area (Å²) in [6.07, 6.45) is 2.08. The van der Waals surface area contributed by atoms with Gasteiger partial charge in [-0.3, -0.25) is 9.69 Å². The SMILES string of the molecule is O=C(O)CN1CCC(CCl)CC1. The minimum atomic E-state index is -0.737. The van der Waals surface area contributed by atoms with E-state index in [-0.39, 0.29) is 6.54 Å². The fraction of sp³-hybridized carbons (Fsp3) is 0.875. The van der Waals surface area contributed by atoms with Crippen molar-refractivity contribution in [1.29, 1.82) is 0 Å². The highest BCUT2D eigenvalue weighted by Gasteiger charge is 2.19. The van der Waals surface area contributed by atoms with E-state index in [1.165, 1.54) is 0 Å². The van der Waals surface area contributed by atoms with Crippen LogP contribution in [0.4, 0.5) is 0 Å². The number of carboxylic acids is 1. The largest absolute Gasteiger partial charge is 0.480 e. The number of hydrogen-bond acceptors (Lipinski definition) is 2. The van der Waals surface area contributed by atoms with Gasteiger partial charge in [0.05, 0.1) is 6.54 Å². The zero-order chi connectivity index (χ0) is 8.97. The third kappa shape index (κ3) is 2.99. The molecule has 0 amide bonds. The molecular formula is C8H14ClNO2. The van der Waals surface area contributed by atoms with Crippen LogP contribution in [0.15, 0.2) is 0 Å². The number of alkyl halides is 1. The van der Waals surface area contributed by atoms with Crippen LogP contribution in [0, 0.1) is 5.92 Å². The molecule has 70 valence electrons. The van der Waals surface area contributed by atoms with Gasteiger partial charge < -0.3 is 5.11 Å². The van der Waals surface area contributed by atoms with Gasteiger partial charge in [0, 0.05) is 5.88 Å². The van der Waals surface area contributed by atoms with E-state index < -0.39 is 5.97 Å². The molecule has 0 unspecified atom stereocenters. The number of carboxylic acid groups (broad SMARTS) is 1. The van der Waals surface area contributed by atoms with Crippen molar-refractivity contribution in [3.05, 3.63) is 0 Å². The first kappa shape index (κ1) is 9.81. The zero-order valence-corrected chi connectivity index (χ0v) is 7.76. The predicted molar refractivity (Wildman–Crippen MR) is 47.5 cm³/mol. The first-order chi connectivity index (χ1) is 5.72. The lowest BCUT2D eigenvalue weighted by Crippen LogP contribution is -2.37. The van der Waals surface area contributed by atoms with Gasteiger partial charge in [-0.2, -0.15) is 0 Å². The number of piperidine rings is 1. The van der Waals surface area contributed by atoms with Gasteiger partial charge in [0.25, 0.3) is 0 Å². The quantitative estimate of drug-likeness (QED) is 0.678. The molecule has 1 saturated heterocycles. The van der Waals surface area contributed by atoms with Gasteiger partial charge in [-0.05, 0) is 31.8 Å². The van der Waals surface area contributed by atoms with Gasteiger partial charge in [0.2, 0.25) is 0 Å². The van der Waals surface area contributed by atoms with E-state index in [4.69, 9.17) is 16.7 Å². The molecule has 12 heavy (non-hydrogen) atoms. The molecule has 1 aliphatic rings. The van der Waals surface area contributed by atoms with Crippen molar-refractivity contribution < 1.29 is 9.90 Å². The summed E-state index contributed by atoms with van der Waals surface area (Å²) >= 11 is 5.70. The predicted octanol–water partition coefficient (Wildman–Crippen LogP) is 1.02. The van der Waals surface area contributed by atoms with Crippen molar-refractivity contribution in [3.8, 4) is 0 Å². The van der Waals surface area contributed by atoms with Crippen LogP contribution in [0.1, 0.15) is 12.8 Å². The average molecular weight is 192 g/mol. The van der Waals surface area contributed by atoms with Crippen molar-refractivity contribution in [3.63, 3.8) is 0 Å². The molecule has 0 aromatic carbocycles. The maximum atomic E-state index is 10.4. The molecule has 4 heteroatoms. The summed E-state index contributed by atoms with van der Waals surface area (Å²) in [5, 5.41) is 8.52. The number of halogens is 1. The normalized spacial score (nSPS) is 21.1. The summed E-state index contributed by atoms with van der Waals surface area (Å²) in [5.41, 5.74) is 0. The summed E-state index contributed by atoms with van der Waals surface area (Å²) < 4.78 is 0. The standard InChI is InChI=1S/C8H14ClNO2/c9-5-7-1-3-10(4-2-7)6-8(11)12/h7H,1-6H2,(H,11,12). The number of rotatable bonds is 3. The Labute approximate surface area is 77.3 Å². The van der Waals surface area contributed by atoms with E-state index >= 15 is 0 Å². The van der Waals surface area contributed by atoms with E-state index in [1.54, 1.807) is 0 Å². The number of aliphatic carboxylic acids is 1. The molecule has 0 bridgehead atoms. The number of nitrogens with zero attached hydrogens (tertiary/aromatic N) is 1. The average Bonchev–Trinajstić information content (AvgIpc) is 2.05. The van der Waals surface area contributed by atoms with Gasteiger partial charge in [-0.15, -0.1) is 11.6 Å². The maximum Gasteiger partial charge on any atom is 0.317 e. The zero-order valence-electron chi connectivity index (χ0n) is 7.00. The Hall–Kier alpha value is -0.280. The van der Waals surface area contributed by atoms with E-state index in [1.807, 2.05) is 4.90 Å². The van der Waals surface area contributed by atoms with Gasteiger partial charge in [0.15, 0.2) is 0 Å². The second-order valence-corrected chi connectivity index (χ2v) is 3.58. The highest BCUT2D eigenvalue weighted by molar-refractivity contribution is 6.18. The molecule has 0 radical (unpaired) electrons. The third-order valence-corrected chi connectivity index (χ3v) is 2.72. The van der Waals surface area contributed by atoms with Gasteiger partial charge in [0.1, 0.15) is 0 Å². The first-order valence-electron chi connectivity index (χ1n) is 4.22. The molecule has 0 spiro atoms. The van der Waals surface area contributed by atoms with Crippen LogP contribution in [0.2, 0.25) is 0 Å². The van der Waals surface area contributed by atoms with Crippen LogP contribution in [-0.2, 0) is 4.79 Å². The van der Waals surface area contributed by atoms with Gasteiger partial charge in [-0.25, -0.2) is 0 Å². The molecule has 0 aromatic rings. The lowest BCUT2D eigenvalue weighted by molar-refractivity contribution is -0.138. The second kappa shape index (κ2) is 4.67. The summed E-state index contributed by atoms with van der Waals surface area (Å²) in [4.78, 5) is 12.3. The molecule has 1 fully saturated rings. The lowest BCUT2D eigenvalue weighted by Gasteiger charge is -2.29. The summed E-state index contributed by atoms with van der Waals surface area (Å²) in [7, 11) is 0. The van der Waals surface area contributed by atoms with Crippen LogP contribution in [-0.4, -0.2) is 41.5 Å². The van der Waals surface area contributed by atoms with Crippen molar-refractivity contribution >= 4 is 17.6 Å². The van der Waals surface area contributed by atoms with Crippen molar-refractivity contribution in [2.24, 2.45) is 5.92 Å². The molecule has 1 rings (SSSR count). The van der Waals surface area contributed by atoms with E-state index in [0.29, 0.717) is 11.8 Å². The lowest BCUT2D eigenvalue weighted by atomic mass is 9.99. The Morgan fingerprint density at radius 1 is 1.50 bits per heavy atom. The molecule has 0 aliphatic carbocycles. The highest BCUT2D eigenvalue weighted by atomic mass is 35.5. The Balaban J connectivity index is 2.21. The monoisotopic (exact) mass is 191 g/mol. The van der Waals surface area contributed by atoms with Crippen LogP contribution in [0.3, 0.4) is 0 Å². The molecule has 1 aliphatic heterocycles. The Bertz CT molecular complexity index is 155. The van der Waals surface area contributed by atoms with E-state index in [9.17, 15) is 4.79 Å². The molecule has 1 N–H and O–H groups in total. The third-order valence-electron chi connectivity index (χ3n) is 2.28. The second-order valence-electron chi connectivity index (χ2n) is 3.27. The Morgan fingerprint density at radius 3 is 2.50 bits per heavy atom. The van der Waals surface area contributed by atoms with E-state index in [2.05, 4.69) is 0 Å². The number of hydrogen-bond donors (Lipinski definition) is 1. The topological polar surface area (TPSA) is 40.5 Å². The Kier molecular flexibility index (Phi) is 3.82. The minimum Gasteiger partial charge on any atom is -0.480 e. The number of likely N-dealkylation sites (tertiary alicyclic amines) is 1. The molecule has 3 nitrogen and oxygen atoms in total. The van der Waals surface area contributed by atoms with Crippen LogP contribution in [0.5, 0.6) is 0 Å². The van der Waals surface area contributed by atoms with Crippen LogP contribution >= 0.6 is 11.6 Å². The first-order valence-corrected chi connectivity index (χ1v) is 4.76. The summed E-state index contributed by atoms with van der Waals surface area (Å²) in [6.45, 7) is 1.93. The van der Waals surface area contributed by atoms with E-state index in [0.717, 1.165) is 25.9 Å². The molecule has 0 saturated carbocycles. The maximum absolute atomic E-state index is 10.4. The number of carbonyl (C=O) groups is 1. The smallest absolute Gasteiger partial charge is 0.317 e. The Morgan fingerprint density at radius 2 is 2.08 bits per heavy atom. The van der Waals surface area contributed by atoms with Gasteiger partial charge >= 0.3 is 5.97 Å². The fourth-order valence-electron chi connectivity index (χ4n) is 1.49. The van der Waals surface area contributed by atoms with Crippen LogP contribution in [0.25, 0.3) is 0 Å². The molecular weight excluding hydrogens is 178 g/mol. The molecule has 1 heterocycles. The molecule has 0 atom stereocenters. The minimum absolute atomic E-state index is 0.176. The van der Waals surface area contributed by atoms with Crippen molar-refractivity contribution in [1.82, 2.24) is 4.90 Å². The van der Waals surface area contributed by atoms with Crippen LogP contribution < -0.4 is 0 Å². The molecule has 0 aromatic heterocycles. The van der Waals surface area contributed by atoms with Crippen molar-refractivity contribution in [2.75, 3.05) is 25.5 Å². The summed E-state index contributed by atoms with van der Waals surface area (Å²) in [6, 6.07) is 0. The highest BCUT2D eigenvalue weighted by Crippen LogP contribution is 2.17.